The fraction of sp³-hybridized carbons (Fsp3) is 0.682. The summed E-state index contributed by atoms with van der Waals surface area (Å²) in [6, 6.07) is 6.59. The topological polar surface area (TPSA) is 32.3 Å². The van der Waals surface area contributed by atoms with Gasteiger partial charge in [-0.3, -0.25) is 4.79 Å². The van der Waals surface area contributed by atoms with Crippen LogP contribution in [0.5, 0.6) is 0 Å². The van der Waals surface area contributed by atoms with Gasteiger partial charge in [0.1, 0.15) is 0 Å². The van der Waals surface area contributed by atoms with Crippen LogP contribution in [0.2, 0.25) is 0 Å². The average molecular weight is 341 g/mol. The molecular weight excluding hydrogens is 308 g/mol. The van der Waals surface area contributed by atoms with Gasteiger partial charge in [0, 0.05) is 18.7 Å². The predicted octanol–water partition coefficient (Wildman–Crippen LogP) is 4.41. The molecule has 25 heavy (non-hydrogen) atoms. The molecule has 0 bridgehead atoms. The molecule has 0 aromatic heterocycles. The summed E-state index contributed by atoms with van der Waals surface area (Å²) in [6.45, 7) is 3.76. The van der Waals surface area contributed by atoms with Gasteiger partial charge in [-0.1, -0.05) is 37.8 Å². The first-order chi connectivity index (χ1) is 12.3. The SMILES string of the molecule is O=C1CCc2cc(CCN3CCC(CC4CCCC4)CC3)ccc2N1. The Labute approximate surface area is 152 Å². The molecule has 1 saturated heterocycles. The molecule has 1 aromatic carbocycles. The van der Waals surface area contributed by atoms with E-state index in [-0.39, 0.29) is 5.91 Å². The second-order valence-corrected chi connectivity index (χ2v) is 8.46. The molecule has 1 N–H and O–H groups in total. The molecule has 0 radical (unpaired) electrons. The molecule has 2 fully saturated rings. The Bertz CT molecular complexity index is 598. The quantitative estimate of drug-likeness (QED) is 0.861. The number of amides is 1. The number of carbonyl (C=O) groups is 1. The van der Waals surface area contributed by atoms with Crippen molar-refractivity contribution in [2.24, 2.45) is 11.8 Å². The van der Waals surface area contributed by atoms with Gasteiger partial charge in [0.25, 0.3) is 0 Å². The predicted molar refractivity (Wildman–Crippen MR) is 103 cm³/mol. The van der Waals surface area contributed by atoms with Crippen molar-refractivity contribution in [3.05, 3.63) is 29.3 Å². The Morgan fingerprint density at radius 2 is 1.76 bits per heavy atom. The zero-order valence-corrected chi connectivity index (χ0v) is 15.4. The third kappa shape index (κ3) is 4.44. The number of fused-ring (bicyclic) bond motifs is 1. The minimum Gasteiger partial charge on any atom is -0.326 e. The van der Waals surface area contributed by atoms with E-state index in [1.807, 2.05) is 0 Å². The standard InChI is InChI=1S/C22H32N2O/c25-22-8-6-20-16-18(5-7-21(20)23-22)9-12-24-13-10-19(11-14-24)15-17-3-1-2-4-17/h5,7,16-17,19H,1-4,6,8-15H2,(H,23,25). The van der Waals surface area contributed by atoms with Gasteiger partial charge in [-0.2, -0.15) is 0 Å². The molecule has 136 valence electrons. The second kappa shape index (κ2) is 7.90. The molecule has 1 aromatic rings. The summed E-state index contributed by atoms with van der Waals surface area (Å²) in [5.74, 6) is 2.19. The van der Waals surface area contributed by atoms with E-state index < -0.39 is 0 Å². The highest BCUT2D eigenvalue weighted by Gasteiger charge is 2.24. The van der Waals surface area contributed by atoms with E-state index in [4.69, 9.17) is 0 Å². The van der Waals surface area contributed by atoms with E-state index in [0.717, 1.165) is 30.4 Å². The number of aryl methyl sites for hydroxylation is 1. The molecule has 3 nitrogen and oxygen atoms in total. The molecule has 0 spiro atoms. The Balaban J connectivity index is 1.22. The van der Waals surface area contributed by atoms with Crippen molar-refractivity contribution in [1.82, 2.24) is 4.90 Å². The highest BCUT2D eigenvalue weighted by Crippen LogP contribution is 2.34. The van der Waals surface area contributed by atoms with Gasteiger partial charge in [-0.25, -0.2) is 0 Å². The van der Waals surface area contributed by atoms with Crippen molar-refractivity contribution in [1.29, 1.82) is 0 Å². The fourth-order valence-corrected chi connectivity index (χ4v) is 5.04. The molecule has 1 saturated carbocycles. The van der Waals surface area contributed by atoms with Crippen molar-refractivity contribution in [3.63, 3.8) is 0 Å². The normalized spacial score (nSPS) is 22.8. The monoisotopic (exact) mass is 340 g/mol. The van der Waals surface area contributed by atoms with Crippen molar-refractivity contribution < 1.29 is 4.79 Å². The largest absolute Gasteiger partial charge is 0.326 e. The lowest BCUT2D eigenvalue weighted by atomic mass is 9.86. The van der Waals surface area contributed by atoms with E-state index in [1.54, 1.807) is 0 Å². The molecule has 1 aliphatic carbocycles. The van der Waals surface area contributed by atoms with Gasteiger partial charge < -0.3 is 10.2 Å². The summed E-state index contributed by atoms with van der Waals surface area (Å²) in [7, 11) is 0. The summed E-state index contributed by atoms with van der Waals surface area (Å²) in [5, 5.41) is 2.98. The van der Waals surface area contributed by atoms with Crippen LogP contribution in [0, 0.1) is 11.8 Å². The molecule has 3 aliphatic rings. The van der Waals surface area contributed by atoms with E-state index in [2.05, 4.69) is 28.4 Å². The van der Waals surface area contributed by atoms with Gasteiger partial charge in [0.05, 0.1) is 0 Å². The molecule has 1 amide bonds. The maximum Gasteiger partial charge on any atom is 0.224 e. The number of nitrogens with one attached hydrogen (secondary N) is 1. The third-order valence-electron chi connectivity index (χ3n) is 6.63. The number of hydrogen-bond donors (Lipinski definition) is 1. The maximum atomic E-state index is 11.5. The fourth-order valence-electron chi connectivity index (χ4n) is 5.04. The zero-order chi connectivity index (χ0) is 17.1. The number of benzene rings is 1. The number of rotatable bonds is 5. The van der Waals surface area contributed by atoms with Crippen LogP contribution in [0.3, 0.4) is 0 Å². The molecule has 0 atom stereocenters. The number of likely N-dealkylation sites (tertiary alicyclic amines) is 1. The summed E-state index contributed by atoms with van der Waals surface area (Å²) < 4.78 is 0. The maximum absolute atomic E-state index is 11.5. The van der Waals surface area contributed by atoms with Crippen LogP contribution >= 0.6 is 0 Å². The zero-order valence-electron chi connectivity index (χ0n) is 15.4. The Morgan fingerprint density at radius 3 is 2.56 bits per heavy atom. The first-order valence-corrected chi connectivity index (χ1v) is 10.4. The van der Waals surface area contributed by atoms with Crippen LogP contribution in [0.1, 0.15) is 62.5 Å². The first-order valence-electron chi connectivity index (χ1n) is 10.4. The van der Waals surface area contributed by atoms with E-state index in [9.17, 15) is 4.79 Å². The first kappa shape index (κ1) is 17.1. The van der Waals surface area contributed by atoms with Crippen LogP contribution < -0.4 is 5.32 Å². The van der Waals surface area contributed by atoms with Gasteiger partial charge in [0.2, 0.25) is 5.91 Å². The highest BCUT2D eigenvalue weighted by molar-refractivity contribution is 5.93. The third-order valence-corrected chi connectivity index (χ3v) is 6.63. The summed E-state index contributed by atoms with van der Waals surface area (Å²) in [4.78, 5) is 14.1. The lowest BCUT2D eigenvalue weighted by molar-refractivity contribution is -0.116. The lowest BCUT2D eigenvalue weighted by Crippen LogP contribution is -2.35. The molecule has 2 heterocycles. The van der Waals surface area contributed by atoms with Gasteiger partial charge >= 0.3 is 0 Å². The van der Waals surface area contributed by atoms with Gasteiger partial charge in [-0.05, 0) is 74.2 Å². The van der Waals surface area contributed by atoms with Crippen LogP contribution in [-0.2, 0) is 17.6 Å². The number of anilines is 1. The Hall–Kier alpha value is -1.35. The smallest absolute Gasteiger partial charge is 0.224 e. The van der Waals surface area contributed by atoms with Crippen LogP contribution in [0.25, 0.3) is 0 Å². The van der Waals surface area contributed by atoms with Crippen LogP contribution in [0.15, 0.2) is 18.2 Å². The average Bonchev–Trinajstić information content (AvgIpc) is 3.14. The van der Waals surface area contributed by atoms with Crippen molar-refractivity contribution >= 4 is 11.6 Å². The lowest BCUT2D eigenvalue weighted by Gasteiger charge is -2.33. The van der Waals surface area contributed by atoms with Crippen molar-refractivity contribution in [2.45, 2.75) is 64.2 Å². The molecule has 3 heteroatoms. The highest BCUT2D eigenvalue weighted by atomic mass is 16.1. The molecular formula is C22H32N2O. The van der Waals surface area contributed by atoms with E-state index in [1.165, 1.54) is 75.7 Å². The number of piperidine rings is 1. The Morgan fingerprint density at radius 1 is 1.00 bits per heavy atom. The number of hydrogen-bond acceptors (Lipinski definition) is 2. The van der Waals surface area contributed by atoms with Gasteiger partial charge in [0.15, 0.2) is 0 Å². The summed E-state index contributed by atoms with van der Waals surface area (Å²) in [5.41, 5.74) is 3.75. The number of nitrogens with zero attached hydrogens (tertiary/aromatic N) is 1. The molecule has 2 aliphatic heterocycles. The van der Waals surface area contributed by atoms with Gasteiger partial charge in [-0.15, -0.1) is 0 Å². The minimum atomic E-state index is 0.153. The van der Waals surface area contributed by atoms with E-state index in [0.29, 0.717) is 6.42 Å². The van der Waals surface area contributed by atoms with Crippen molar-refractivity contribution in [3.8, 4) is 0 Å². The Kier molecular flexibility index (Phi) is 5.40. The summed E-state index contributed by atoms with van der Waals surface area (Å²) >= 11 is 0. The summed E-state index contributed by atoms with van der Waals surface area (Å²) in [6.07, 6.45) is 12.9. The second-order valence-electron chi connectivity index (χ2n) is 8.46. The van der Waals surface area contributed by atoms with E-state index >= 15 is 0 Å². The molecule has 4 rings (SSSR count). The van der Waals surface area contributed by atoms with Crippen LogP contribution in [0.4, 0.5) is 5.69 Å². The van der Waals surface area contributed by atoms with Crippen molar-refractivity contribution in [2.75, 3.05) is 25.0 Å². The van der Waals surface area contributed by atoms with Crippen LogP contribution in [-0.4, -0.2) is 30.4 Å². The minimum absolute atomic E-state index is 0.153. The number of carbonyl (C=O) groups excluding carboxylic acids is 1. The molecule has 0 unspecified atom stereocenters.